The van der Waals surface area contributed by atoms with E-state index < -0.39 is 19.8 Å². The van der Waals surface area contributed by atoms with Gasteiger partial charge in [-0.2, -0.15) is 0 Å². The summed E-state index contributed by atoms with van der Waals surface area (Å²) in [6.45, 7) is 7.31. The van der Waals surface area contributed by atoms with Crippen molar-refractivity contribution in [2.24, 2.45) is 5.92 Å². The zero-order valence-electron chi connectivity index (χ0n) is 34.0. The van der Waals surface area contributed by atoms with Gasteiger partial charge in [0.05, 0.1) is 53.7 Å². The maximum atomic E-state index is 15.3. The molecule has 5 aromatic carbocycles. The third-order valence-electron chi connectivity index (χ3n) is 12.0. The van der Waals surface area contributed by atoms with E-state index >= 15 is 4.79 Å². The van der Waals surface area contributed by atoms with E-state index in [9.17, 15) is 14.7 Å². The van der Waals surface area contributed by atoms with Gasteiger partial charge in [0.2, 0.25) is 5.91 Å². The lowest BCUT2D eigenvalue weighted by Crippen LogP contribution is -2.52. The molecule has 5 aromatic rings. The standard InChI is InChI=1S/C47H50BrN3O7Si/c1-31-44(59(4,5)39-22-20-38(57-3)21-23-39)42(28-43(53)50(25-26-52)29-32-9-7-6-8-10-32)58-47(31)40-27-35(48)15-24-41(40)51(46(47)55)30-33-11-16-36(17-12-33)49-45(54)34-13-18-37(56-2)19-14-34/h6-24,27,31,42,44,52H,25-26,28-30H2,1-5H3,(H,49,54)/t31-,42+,44-,47+/m1/s1. The number of carbonyl (C=O) groups is 3. The van der Waals surface area contributed by atoms with Crippen LogP contribution in [0.4, 0.5) is 11.4 Å². The minimum Gasteiger partial charge on any atom is -0.497 e. The molecule has 2 N–H and O–H groups in total. The number of nitrogens with zero attached hydrogens (tertiary/aromatic N) is 2. The molecule has 0 aromatic heterocycles. The lowest BCUT2D eigenvalue weighted by Gasteiger charge is -2.37. The summed E-state index contributed by atoms with van der Waals surface area (Å²) in [4.78, 5) is 46.1. The van der Waals surface area contributed by atoms with E-state index in [1.165, 1.54) is 5.19 Å². The molecule has 10 nitrogen and oxygen atoms in total. The zero-order valence-corrected chi connectivity index (χ0v) is 36.6. The van der Waals surface area contributed by atoms with Gasteiger partial charge in [-0.1, -0.05) is 95.7 Å². The molecule has 1 fully saturated rings. The Hall–Kier alpha value is -5.27. The van der Waals surface area contributed by atoms with Crippen LogP contribution in [-0.4, -0.2) is 69.3 Å². The molecular weight excluding hydrogens is 827 g/mol. The SMILES string of the molecule is COc1ccc(C(=O)Nc2ccc(CN3C(=O)[C@@]4(O[C@@H](CC(=O)N(CCO)Cc5ccccc5)[C@H]([Si](C)(C)c5ccc(OC)cc5)[C@H]4C)c4cc(Br)ccc43)cc2)cc1. The van der Waals surface area contributed by atoms with E-state index in [0.717, 1.165) is 32.6 Å². The maximum Gasteiger partial charge on any atom is 0.264 e. The Morgan fingerprint density at radius 1 is 0.881 bits per heavy atom. The average molecular weight is 877 g/mol. The maximum absolute atomic E-state index is 15.3. The predicted octanol–water partition coefficient (Wildman–Crippen LogP) is 7.89. The van der Waals surface area contributed by atoms with Gasteiger partial charge in [0.15, 0.2) is 5.60 Å². The fourth-order valence-electron chi connectivity index (χ4n) is 8.98. The van der Waals surface area contributed by atoms with Crippen molar-refractivity contribution in [1.29, 1.82) is 0 Å². The van der Waals surface area contributed by atoms with Gasteiger partial charge in [0, 0.05) is 40.3 Å². The van der Waals surface area contributed by atoms with Crippen LogP contribution in [0.2, 0.25) is 18.6 Å². The summed E-state index contributed by atoms with van der Waals surface area (Å²) in [6, 6.07) is 38.1. The van der Waals surface area contributed by atoms with Crippen LogP contribution in [0.3, 0.4) is 0 Å². The van der Waals surface area contributed by atoms with E-state index in [1.807, 2.05) is 84.9 Å². The number of ether oxygens (including phenoxy) is 3. The third-order valence-corrected chi connectivity index (χ3v) is 16.9. The summed E-state index contributed by atoms with van der Waals surface area (Å²) < 4.78 is 18.8. The molecular formula is C47H50BrN3O7Si. The normalized spacial score (nSPS) is 19.7. The average Bonchev–Trinajstić information content (AvgIpc) is 3.67. The van der Waals surface area contributed by atoms with Crippen LogP contribution in [0.1, 0.15) is 40.4 Å². The molecule has 2 aliphatic rings. The van der Waals surface area contributed by atoms with Crippen LogP contribution < -0.4 is 24.9 Å². The van der Waals surface area contributed by atoms with Crippen LogP contribution in [0, 0.1) is 5.92 Å². The number of carbonyl (C=O) groups excluding carboxylic acids is 3. The van der Waals surface area contributed by atoms with Gasteiger partial charge in [-0.3, -0.25) is 14.4 Å². The number of amides is 3. The van der Waals surface area contributed by atoms with E-state index in [1.54, 1.807) is 48.3 Å². The number of hydrogen-bond acceptors (Lipinski definition) is 7. The second-order valence-corrected chi connectivity index (χ2v) is 21.4. The Balaban J connectivity index is 1.21. The number of halogens is 1. The molecule has 0 unspecified atom stereocenters. The van der Waals surface area contributed by atoms with Crippen molar-refractivity contribution in [2.75, 3.05) is 37.6 Å². The summed E-state index contributed by atoms with van der Waals surface area (Å²) >= 11 is 3.69. The molecule has 0 saturated carbocycles. The van der Waals surface area contributed by atoms with Gasteiger partial charge in [-0.25, -0.2) is 0 Å². The fraction of sp³-hybridized carbons (Fsp3) is 0.298. The van der Waals surface area contributed by atoms with E-state index in [0.29, 0.717) is 23.5 Å². The number of fused-ring (bicyclic) bond motifs is 2. The Morgan fingerprint density at radius 3 is 2.15 bits per heavy atom. The molecule has 7 rings (SSSR count). The van der Waals surface area contributed by atoms with Gasteiger partial charge < -0.3 is 34.4 Å². The highest BCUT2D eigenvalue weighted by molar-refractivity contribution is 9.10. The number of methoxy groups -OCH3 is 2. The highest BCUT2D eigenvalue weighted by Crippen LogP contribution is 2.60. The first-order valence-corrected chi connectivity index (χ1v) is 23.7. The summed E-state index contributed by atoms with van der Waals surface area (Å²) in [5.74, 6) is 0.550. The quantitative estimate of drug-likeness (QED) is 0.109. The first-order chi connectivity index (χ1) is 28.4. The first-order valence-electron chi connectivity index (χ1n) is 19.8. The summed E-state index contributed by atoms with van der Waals surface area (Å²) in [5, 5.41) is 14.2. The monoisotopic (exact) mass is 875 g/mol. The molecule has 4 atom stereocenters. The van der Waals surface area contributed by atoms with Crippen molar-refractivity contribution < 1.29 is 33.7 Å². The summed E-state index contributed by atoms with van der Waals surface area (Å²) in [5.41, 5.74) is 2.96. The first kappa shape index (κ1) is 41.9. The van der Waals surface area contributed by atoms with Crippen molar-refractivity contribution >= 4 is 58.3 Å². The predicted molar refractivity (Wildman–Crippen MR) is 236 cm³/mol. The number of nitrogens with one attached hydrogen (secondary N) is 1. The topological polar surface area (TPSA) is 118 Å². The summed E-state index contributed by atoms with van der Waals surface area (Å²) in [7, 11) is 0.695. The number of hydrogen-bond donors (Lipinski definition) is 2. The molecule has 12 heteroatoms. The lowest BCUT2D eigenvalue weighted by atomic mass is 9.82. The number of aliphatic hydroxyl groups excluding tert-OH is 1. The van der Waals surface area contributed by atoms with E-state index in [-0.39, 0.29) is 55.3 Å². The smallest absolute Gasteiger partial charge is 0.264 e. The number of aliphatic hydroxyl groups is 1. The van der Waals surface area contributed by atoms with Crippen LogP contribution in [0.5, 0.6) is 11.5 Å². The van der Waals surface area contributed by atoms with Gasteiger partial charge >= 0.3 is 0 Å². The van der Waals surface area contributed by atoms with Gasteiger partial charge in [0.25, 0.3) is 11.8 Å². The highest BCUT2D eigenvalue weighted by Gasteiger charge is 2.66. The highest BCUT2D eigenvalue weighted by atomic mass is 79.9. The molecule has 3 amide bonds. The van der Waals surface area contributed by atoms with Crippen molar-refractivity contribution in [3.8, 4) is 11.5 Å². The van der Waals surface area contributed by atoms with E-state index in [4.69, 9.17) is 14.2 Å². The van der Waals surface area contributed by atoms with Gasteiger partial charge in [0.1, 0.15) is 11.5 Å². The molecule has 59 heavy (non-hydrogen) atoms. The minimum absolute atomic E-state index is 0.0521. The fourth-order valence-corrected chi connectivity index (χ4v) is 13.4. The molecule has 2 aliphatic heterocycles. The minimum atomic E-state index is -2.53. The number of rotatable bonds is 14. The van der Waals surface area contributed by atoms with Gasteiger partial charge in [-0.15, -0.1) is 0 Å². The van der Waals surface area contributed by atoms with Crippen LogP contribution >= 0.6 is 15.9 Å². The Morgan fingerprint density at radius 2 is 1.53 bits per heavy atom. The summed E-state index contributed by atoms with van der Waals surface area (Å²) in [6.07, 6.45) is -0.543. The Bertz CT molecular complexity index is 2290. The largest absolute Gasteiger partial charge is 0.497 e. The second kappa shape index (κ2) is 17.5. The molecule has 0 aliphatic carbocycles. The molecule has 1 saturated heterocycles. The van der Waals surface area contributed by atoms with Crippen molar-refractivity contribution in [1.82, 2.24) is 4.90 Å². The molecule has 1 spiro atoms. The third kappa shape index (κ3) is 8.32. The Kier molecular flexibility index (Phi) is 12.4. The van der Waals surface area contributed by atoms with Crippen LogP contribution in [0.15, 0.2) is 126 Å². The second-order valence-electron chi connectivity index (χ2n) is 15.8. The van der Waals surface area contributed by atoms with Crippen LogP contribution in [-0.2, 0) is 33.0 Å². The zero-order chi connectivity index (χ0) is 41.9. The number of anilines is 2. The molecule has 2 heterocycles. The van der Waals surface area contributed by atoms with Crippen molar-refractivity contribution in [2.45, 2.75) is 56.8 Å². The molecule has 0 bridgehead atoms. The Labute approximate surface area is 355 Å². The van der Waals surface area contributed by atoms with E-state index in [2.05, 4.69) is 53.4 Å². The van der Waals surface area contributed by atoms with Crippen molar-refractivity contribution in [3.05, 3.63) is 148 Å². The van der Waals surface area contributed by atoms with Gasteiger partial charge in [-0.05, 0) is 83.4 Å². The lowest BCUT2D eigenvalue weighted by molar-refractivity contribution is -0.150. The number of benzene rings is 5. The molecule has 0 radical (unpaired) electrons. The van der Waals surface area contributed by atoms with Crippen LogP contribution in [0.25, 0.3) is 0 Å². The molecule has 306 valence electrons. The van der Waals surface area contributed by atoms with Crippen molar-refractivity contribution in [3.63, 3.8) is 0 Å².